The number of halogens is 4. The third kappa shape index (κ3) is 3.69. The van der Waals surface area contributed by atoms with E-state index in [1.165, 1.54) is 0 Å². The first-order chi connectivity index (χ1) is 7.31. The summed E-state index contributed by atoms with van der Waals surface area (Å²) in [7, 11) is 0. The number of aliphatic hydroxyl groups excluding tert-OH is 1. The Morgan fingerprint density at radius 3 is 2.44 bits per heavy atom. The van der Waals surface area contributed by atoms with Crippen molar-refractivity contribution >= 4 is 0 Å². The average molecular weight is 237 g/mol. The van der Waals surface area contributed by atoms with Crippen LogP contribution >= 0.6 is 0 Å². The monoisotopic (exact) mass is 237 g/mol. The quantitative estimate of drug-likeness (QED) is 0.819. The van der Waals surface area contributed by atoms with Gasteiger partial charge in [-0.15, -0.1) is 13.2 Å². The lowest BCUT2D eigenvalue weighted by molar-refractivity contribution is -0.274. The number of rotatable bonds is 3. The molecule has 0 spiro atoms. The van der Waals surface area contributed by atoms with Crippen molar-refractivity contribution in [1.82, 2.24) is 0 Å². The fourth-order valence-electron chi connectivity index (χ4n) is 1.12. The summed E-state index contributed by atoms with van der Waals surface area (Å²) in [5.74, 6) is -2.24. The zero-order valence-electron chi connectivity index (χ0n) is 8.09. The molecule has 0 fully saturated rings. The number of aliphatic hydroxyl groups is 1. The molecule has 0 aliphatic heterocycles. The van der Waals surface area contributed by atoms with Gasteiger partial charge in [0.25, 0.3) is 0 Å². The maximum Gasteiger partial charge on any atom is 0.573 e. The van der Waals surface area contributed by atoms with Crippen molar-refractivity contribution < 1.29 is 27.4 Å². The molecule has 1 radical (unpaired) electrons. The number of hydrogen-bond acceptors (Lipinski definition) is 2. The first-order valence-corrected chi connectivity index (χ1v) is 4.32. The van der Waals surface area contributed by atoms with Gasteiger partial charge in [0.15, 0.2) is 0 Å². The van der Waals surface area contributed by atoms with Crippen LogP contribution in [-0.4, -0.2) is 18.1 Å². The molecule has 16 heavy (non-hydrogen) atoms. The maximum absolute atomic E-state index is 12.9. The van der Waals surface area contributed by atoms with Crippen LogP contribution in [0.1, 0.15) is 11.5 Å². The Kier molecular flexibility index (Phi) is 3.74. The van der Waals surface area contributed by atoms with E-state index in [1.807, 2.05) is 0 Å². The smallest absolute Gasteiger partial charge is 0.406 e. The van der Waals surface area contributed by atoms with Crippen LogP contribution in [0.25, 0.3) is 0 Å². The molecule has 0 bridgehead atoms. The predicted molar refractivity (Wildman–Crippen MR) is 48.3 cm³/mol. The minimum absolute atomic E-state index is 0.141. The molecule has 1 unspecified atom stereocenters. The molecule has 1 rings (SSSR count). The molecule has 89 valence electrons. The van der Waals surface area contributed by atoms with Gasteiger partial charge in [0, 0.05) is 18.6 Å². The Morgan fingerprint density at radius 1 is 1.31 bits per heavy atom. The van der Waals surface area contributed by atoms with E-state index in [2.05, 4.69) is 11.7 Å². The molecule has 0 saturated carbocycles. The van der Waals surface area contributed by atoms with E-state index in [1.54, 1.807) is 0 Å². The van der Waals surface area contributed by atoms with Crippen LogP contribution < -0.4 is 4.74 Å². The van der Waals surface area contributed by atoms with Gasteiger partial charge < -0.3 is 9.84 Å². The second kappa shape index (κ2) is 4.69. The molecule has 0 aliphatic carbocycles. The highest BCUT2D eigenvalue weighted by atomic mass is 19.4. The summed E-state index contributed by atoms with van der Waals surface area (Å²) in [6, 6.07) is 2.60. The van der Waals surface area contributed by atoms with E-state index in [0.29, 0.717) is 6.07 Å². The highest BCUT2D eigenvalue weighted by molar-refractivity contribution is 5.32. The summed E-state index contributed by atoms with van der Waals surface area (Å²) < 4.78 is 52.1. The van der Waals surface area contributed by atoms with Gasteiger partial charge in [-0.05, 0) is 24.6 Å². The Labute approximate surface area is 89.5 Å². The van der Waals surface area contributed by atoms with Crippen molar-refractivity contribution in [3.63, 3.8) is 0 Å². The van der Waals surface area contributed by atoms with Crippen molar-refractivity contribution in [2.24, 2.45) is 0 Å². The molecule has 6 heteroatoms. The molecule has 0 aliphatic rings. The van der Waals surface area contributed by atoms with E-state index in [4.69, 9.17) is 5.11 Å². The number of alkyl halides is 3. The van der Waals surface area contributed by atoms with Crippen LogP contribution in [0.5, 0.6) is 5.75 Å². The third-order valence-corrected chi connectivity index (χ3v) is 1.82. The summed E-state index contributed by atoms with van der Waals surface area (Å²) in [4.78, 5) is 0. The zero-order chi connectivity index (χ0) is 12.3. The van der Waals surface area contributed by atoms with Gasteiger partial charge in [-0.1, -0.05) is 0 Å². The van der Waals surface area contributed by atoms with Gasteiger partial charge in [-0.3, -0.25) is 0 Å². The second-order valence-electron chi connectivity index (χ2n) is 3.15. The van der Waals surface area contributed by atoms with Crippen LogP contribution in [0, 0.1) is 12.7 Å². The molecular weight excluding hydrogens is 228 g/mol. The Hall–Kier alpha value is -1.30. The molecule has 2 nitrogen and oxygen atoms in total. The first kappa shape index (κ1) is 12.8. The summed E-state index contributed by atoms with van der Waals surface area (Å²) in [6.07, 6.45) is -4.87. The van der Waals surface area contributed by atoms with E-state index >= 15 is 0 Å². The summed E-state index contributed by atoms with van der Waals surface area (Å²) >= 11 is 0. The molecular formula is C10H9F4O2. The molecule has 0 amide bonds. The summed E-state index contributed by atoms with van der Waals surface area (Å²) in [6.45, 7) is 3.06. The number of benzene rings is 1. The lowest BCUT2D eigenvalue weighted by Crippen LogP contribution is -2.17. The van der Waals surface area contributed by atoms with Gasteiger partial charge >= 0.3 is 6.36 Å². The van der Waals surface area contributed by atoms with Gasteiger partial charge in [-0.25, -0.2) is 4.39 Å². The van der Waals surface area contributed by atoms with E-state index < -0.39 is 30.5 Å². The van der Waals surface area contributed by atoms with Crippen molar-refractivity contribution in [2.75, 3.05) is 6.61 Å². The molecule has 1 N–H and O–H groups in total. The molecule has 1 aromatic carbocycles. The number of ether oxygens (including phenoxy) is 1. The predicted octanol–water partition coefficient (Wildman–Crippen LogP) is 2.63. The molecule has 0 saturated heterocycles. The Morgan fingerprint density at radius 2 is 1.94 bits per heavy atom. The lowest BCUT2D eigenvalue weighted by atomic mass is 10.0. The summed E-state index contributed by atoms with van der Waals surface area (Å²) in [5.41, 5.74) is 0.141. The normalized spacial score (nSPS) is 13.6. The molecule has 1 atom stereocenters. The standard InChI is InChI=1S/C10H9F4O2/c1-6(5-15)7-2-8(11)4-9(3-7)16-10(12,13)14/h2-4,6,15H,1,5H2. The largest absolute Gasteiger partial charge is 0.573 e. The minimum atomic E-state index is -4.87. The van der Waals surface area contributed by atoms with Gasteiger partial charge in [-0.2, -0.15) is 0 Å². The van der Waals surface area contributed by atoms with Crippen LogP contribution in [0.3, 0.4) is 0 Å². The number of hydrogen-bond donors (Lipinski definition) is 1. The van der Waals surface area contributed by atoms with Crippen molar-refractivity contribution in [1.29, 1.82) is 0 Å². The Bertz CT molecular complexity index is 362. The minimum Gasteiger partial charge on any atom is -0.406 e. The highest BCUT2D eigenvalue weighted by Crippen LogP contribution is 2.27. The van der Waals surface area contributed by atoms with E-state index in [9.17, 15) is 17.6 Å². The van der Waals surface area contributed by atoms with Gasteiger partial charge in [0.1, 0.15) is 11.6 Å². The first-order valence-electron chi connectivity index (χ1n) is 4.32. The highest BCUT2D eigenvalue weighted by Gasteiger charge is 2.31. The SMILES string of the molecule is [CH2]C(CO)c1cc(F)cc(OC(F)(F)F)c1. The Balaban J connectivity index is 2.99. The van der Waals surface area contributed by atoms with Gasteiger partial charge in [0.05, 0.1) is 0 Å². The van der Waals surface area contributed by atoms with Crippen LogP contribution in [0.2, 0.25) is 0 Å². The fraction of sp³-hybridized carbons (Fsp3) is 0.300. The third-order valence-electron chi connectivity index (χ3n) is 1.82. The van der Waals surface area contributed by atoms with E-state index in [0.717, 1.165) is 12.1 Å². The second-order valence-corrected chi connectivity index (χ2v) is 3.15. The summed E-state index contributed by atoms with van der Waals surface area (Å²) in [5, 5.41) is 8.75. The molecule has 0 aromatic heterocycles. The van der Waals surface area contributed by atoms with Crippen LogP contribution in [0.15, 0.2) is 18.2 Å². The van der Waals surface area contributed by atoms with Crippen LogP contribution in [-0.2, 0) is 0 Å². The van der Waals surface area contributed by atoms with Crippen molar-refractivity contribution in [2.45, 2.75) is 12.3 Å². The van der Waals surface area contributed by atoms with E-state index in [-0.39, 0.29) is 5.56 Å². The fourth-order valence-corrected chi connectivity index (χ4v) is 1.12. The lowest BCUT2D eigenvalue weighted by Gasteiger charge is -2.13. The average Bonchev–Trinajstić information content (AvgIpc) is 2.12. The topological polar surface area (TPSA) is 29.5 Å². The van der Waals surface area contributed by atoms with Gasteiger partial charge in [0.2, 0.25) is 0 Å². The van der Waals surface area contributed by atoms with Crippen molar-refractivity contribution in [3.8, 4) is 5.75 Å². The maximum atomic E-state index is 12.9. The zero-order valence-corrected chi connectivity index (χ0v) is 8.09. The van der Waals surface area contributed by atoms with Crippen molar-refractivity contribution in [3.05, 3.63) is 36.5 Å². The van der Waals surface area contributed by atoms with Crippen LogP contribution in [0.4, 0.5) is 17.6 Å². The molecule has 1 aromatic rings. The molecule has 0 heterocycles.